The Balaban J connectivity index is 0.00000129. The first-order valence-corrected chi connectivity index (χ1v) is 17.5. The molecule has 1 aromatic carbocycles. The van der Waals surface area contributed by atoms with Gasteiger partial charge < -0.3 is 14.7 Å². The number of sulfonamides is 1. The first-order chi connectivity index (χ1) is 20.0. The molecular weight excluding hydrogens is 548 g/mol. The fourth-order valence-corrected chi connectivity index (χ4v) is 7.41. The van der Waals surface area contributed by atoms with Gasteiger partial charge in [-0.15, -0.1) is 0 Å². The summed E-state index contributed by atoms with van der Waals surface area (Å²) in [6, 6.07) is 10.7. The molecule has 0 radical (unpaired) electrons. The summed E-state index contributed by atoms with van der Waals surface area (Å²) in [6.45, 7) is 16.5. The monoisotopic (exact) mass is 598 g/mol. The standard InChI is InChI=1S/C29H42N6O3S.C3H8/c1-20(23-8-6-5-7-9-23)10-13-33-16-24-18-35(19-25(24)17-33)28(36)27-21(2)30-29(31-22(27)3)34-14-11-26(12-15-34)32-39(4,37)38;1-3-2/h5-9,20,24-26,32H,10-19H2,1-4H3;3H2,1-2H3/t20-,24?,25?;/m0./s1. The van der Waals surface area contributed by atoms with Gasteiger partial charge in [0.05, 0.1) is 23.2 Å². The molecule has 0 aliphatic carbocycles. The van der Waals surface area contributed by atoms with Crippen LogP contribution in [0.1, 0.15) is 79.7 Å². The van der Waals surface area contributed by atoms with Crippen LogP contribution in [-0.2, 0) is 10.0 Å². The molecule has 1 aromatic heterocycles. The van der Waals surface area contributed by atoms with Crippen molar-refractivity contribution in [3.63, 3.8) is 0 Å². The fraction of sp³-hybridized carbons (Fsp3) is 0.656. The third-order valence-electron chi connectivity index (χ3n) is 8.73. The van der Waals surface area contributed by atoms with E-state index < -0.39 is 10.0 Å². The maximum absolute atomic E-state index is 13.6. The number of carbonyl (C=O) groups excluding carboxylic acids is 1. The number of amides is 1. The zero-order chi connectivity index (χ0) is 30.4. The molecule has 3 aliphatic heterocycles. The van der Waals surface area contributed by atoms with Gasteiger partial charge in [-0.05, 0) is 63.0 Å². The smallest absolute Gasteiger partial charge is 0.257 e. The van der Waals surface area contributed by atoms with Crippen LogP contribution >= 0.6 is 0 Å². The minimum atomic E-state index is -3.21. The average Bonchev–Trinajstić information content (AvgIpc) is 3.51. The predicted molar refractivity (Wildman–Crippen MR) is 169 cm³/mol. The lowest BCUT2D eigenvalue weighted by atomic mass is 9.98. The van der Waals surface area contributed by atoms with Gasteiger partial charge in [0, 0.05) is 45.3 Å². The van der Waals surface area contributed by atoms with E-state index in [4.69, 9.17) is 9.97 Å². The van der Waals surface area contributed by atoms with Crippen molar-refractivity contribution in [2.75, 3.05) is 57.0 Å². The lowest BCUT2D eigenvalue weighted by Gasteiger charge is -2.32. The van der Waals surface area contributed by atoms with Crippen molar-refractivity contribution in [2.45, 2.75) is 72.3 Å². The highest BCUT2D eigenvalue weighted by Crippen LogP contribution is 2.33. The molecule has 9 nitrogen and oxygen atoms in total. The van der Waals surface area contributed by atoms with Gasteiger partial charge in [0.2, 0.25) is 16.0 Å². The maximum Gasteiger partial charge on any atom is 0.257 e. The zero-order valence-electron chi connectivity index (χ0n) is 26.3. The summed E-state index contributed by atoms with van der Waals surface area (Å²) in [6.07, 6.45) is 5.00. The van der Waals surface area contributed by atoms with E-state index in [0.717, 1.165) is 39.1 Å². The van der Waals surface area contributed by atoms with Crippen molar-refractivity contribution >= 4 is 21.9 Å². The molecule has 0 spiro atoms. The van der Waals surface area contributed by atoms with Crippen molar-refractivity contribution in [1.82, 2.24) is 24.5 Å². The SMILES string of the molecule is CCC.Cc1nc(N2CCC(NS(C)(=O)=O)CC2)nc(C)c1C(=O)N1CC2CN(CC[C@H](C)c3ccccc3)CC2C1. The van der Waals surface area contributed by atoms with Crippen LogP contribution < -0.4 is 9.62 Å². The van der Waals surface area contributed by atoms with Crippen molar-refractivity contribution in [2.24, 2.45) is 11.8 Å². The number of rotatable bonds is 8. The van der Waals surface area contributed by atoms with Crippen LogP contribution in [0, 0.1) is 25.7 Å². The molecule has 1 amide bonds. The van der Waals surface area contributed by atoms with E-state index in [2.05, 4.69) is 65.6 Å². The van der Waals surface area contributed by atoms with E-state index in [-0.39, 0.29) is 11.9 Å². The minimum absolute atomic E-state index is 0.0475. The first-order valence-electron chi connectivity index (χ1n) is 15.6. The van der Waals surface area contributed by atoms with E-state index in [0.29, 0.717) is 66.6 Å². The number of nitrogens with zero attached hydrogens (tertiary/aromatic N) is 5. The maximum atomic E-state index is 13.6. The molecule has 3 atom stereocenters. The molecule has 3 aliphatic rings. The largest absolute Gasteiger partial charge is 0.341 e. The Morgan fingerprint density at radius 1 is 0.976 bits per heavy atom. The number of aryl methyl sites for hydroxylation is 2. The van der Waals surface area contributed by atoms with Crippen LogP contribution in [0.2, 0.25) is 0 Å². The number of nitrogens with one attached hydrogen (secondary N) is 1. The van der Waals surface area contributed by atoms with Gasteiger partial charge in [-0.2, -0.15) is 0 Å². The summed E-state index contributed by atoms with van der Waals surface area (Å²) in [5.41, 5.74) is 3.46. The summed E-state index contributed by atoms with van der Waals surface area (Å²) in [5, 5.41) is 0. The number of carbonyl (C=O) groups is 1. The van der Waals surface area contributed by atoms with Gasteiger partial charge in [0.1, 0.15) is 0 Å². The topological polar surface area (TPSA) is 98.7 Å². The lowest BCUT2D eigenvalue weighted by molar-refractivity contribution is 0.0771. The predicted octanol–water partition coefficient (Wildman–Crippen LogP) is 4.23. The Morgan fingerprint density at radius 3 is 2.05 bits per heavy atom. The number of hydrogen-bond acceptors (Lipinski definition) is 7. The molecule has 5 rings (SSSR count). The highest BCUT2D eigenvalue weighted by molar-refractivity contribution is 7.88. The second-order valence-corrected chi connectivity index (χ2v) is 14.3. The van der Waals surface area contributed by atoms with Gasteiger partial charge in [-0.3, -0.25) is 4.79 Å². The van der Waals surface area contributed by atoms with E-state index in [9.17, 15) is 13.2 Å². The van der Waals surface area contributed by atoms with Gasteiger partial charge in [0.15, 0.2) is 0 Å². The van der Waals surface area contributed by atoms with Gasteiger partial charge in [-0.1, -0.05) is 57.5 Å². The lowest BCUT2D eigenvalue weighted by Crippen LogP contribution is -2.45. The third kappa shape index (κ3) is 8.29. The molecule has 3 fully saturated rings. The van der Waals surface area contributed by atoms with Gasteiger partial charge >= 0.3 is 0 Å². The number of hydrogen-bond donors (Lipinski definition) is 1. The molecule has 42 heavy (non-hydrogen) atoms. The number of benzene rings is 1. The molecule has 10 heteroatoms. The van der Waals surface area contributed by atoms with E-state index >= 15 is 0 Å². The second kappa shape index (κ2) is 14.3. The number of anilines is 1. The van der Waals surface area contributed by atoms with Crippen molar-refractivity contribution < 1.29 is 13.2 Å². The van der Waals surface area contributed by atoms with Crippen LogP contribution in [0.3, 0.4) is 0 Å². The summed E-state index contributed by atoms with van der Waals surface area (Å²) in [5.74, 6) is 2.28. The van der Waals surface area contributed by atoms with E-state index in [1.165, 1.54) is 18.2 Å². The number of fused-ring (bicyclic) bond motifs is 1. The quantitative estimate of drug-likeness (QED) is 0.486. The number of piperidine rings is 1. The first kappa shape index (κ1) is 32.4. The Morgan fingerprint density at radius 2 is 1.52 bits per heavy atom. The molecule has 2 aromatic rings. The van der Waals surface area contributed by atoms with Gasteiger partial charge in [-0.25, -0.2) is 23.1 Å². The van der Waals surface area contributed by atoms with Crippen molar-refractivity contribution in [3.8, 4) is 0 Å². The average molecular weight is 599 g/mol. The molecule has 2 unspecified atom stereocenters. The molecule has 4 heterocycles. The summed E-state index contributed by atoms with van der Waals surface area (Å²) < 4.78 is 25.8. The normalized spacial score (nSPS) is 22.0. The van der Waals surface area contributed by atoms with Crippen LogP contribution in [-0.4, -0.2) is 92.2 Å². The van der Waals surface area contributed by atoms with E-state index in [1.54, 1.807) is 0 Å². The molecule has 0 saturated carbocycles. The van der Waals surface area contributed by atoms with Crippen LogP contribution in [0.5, 0.6) is 0 Å². The van der Waals surface area contributed by atoms with Crippen molar-refractivity contribution in [1.29, 1.82) is 0 Å². The Bertz CT molecular complexity index is 1260. The van der Waals surface area contributed by atoms with E-state index in [1.807, 2.05) is 18.7 Å². The Labute approximate surface area is 253 Å². The van der Waals surface area contributed by atoms with Crippen LogP contribution in [0.4, 0.5) is 5.95 Å². The molecule has 232 valence electrons. The molecule has 0 bridgehead atoms. The summed E-state index contributed by atoms with van der Waals surface area (Å²) in [4.78, 5) is 29.7. The summed E-state index contributed by atoms with van der Waals surface area (Å²) in [7, 11) is -3.21. The highest BCUT2D eigenvalue weighted by Gasteiger charge is 2.42. The molecule has 3 saturated heterocycles. The Hall–Kier alpha value is -2.56. The highest BCUT2D eigenvalue weighted by atomic mass is 32.2. The molecular formula is C32H50N6O3S. The zero-order valence-corrected chi connectivity index (χ0v) is 27.2. The van der Waals surface area contributed by atoms with Crippen LogP contribution in [0.25, 0.3) is 0 Å². The molecule has 1 N–H and O–H groups in total. The minimum Gasteiger partial charge on any atom is -0.341 e. The fourth-order valence-electron chi connectivity index (χ4n) is 6.57. The van der Waals surface area contributed by atoms with Gasteiger partial charge in [0.25, 0.3) is 5.91 Å². The second-order valence-electron chi connectivity index (χ2n) is 12.5. The number of aromatic nitrogens is 2. The van der Waals surface area contributed by atoms with Crippen molar-refractivity contribution in [3.05, 3.63) is 52.8 Å². The third-order valence-corrected chi connectivity index (χ3v) is 9.49. The van der Waals surface area contributed by atoms with Crippen LogP contribution in [0.15, 0.2) is 30.3 Å². The number of likely N-dealkylation sites (tertiary alicyclic amines) is 2. The Kier molecular flexibility index (Phi) is 11.0. The summed E-state index contributed by atoms with van der Waals surface area (Å²) >= 11 is 0.